The molecule has 0 bridgehead atoms. The zero-order valence-corrected chi connectivity index (χ0v) is 11.2. The molecule has 4 N–H and O–H groups in total. The number of aromatic nitrogens is 1. The quantitative estimate of drug-likeness (QED) is 0.756. The summed E-state index contributed by atoms with van der Waals surface area (Å²) in [6.07, 6.45) is 1.90. The maximum Gasteiger partial charge on any atom is 0.253 e. The third-order valence-electron chi connectivity index (χ3n) is 2.69. The van der Waals surface area contributed by atoms with Crippen LogP contribution in [0.5, 0.6) is 0 Å². The summed E-state index contributed by atoms with van der Waals surface area (Å²) in [6, 6.07) is 1.40. The number of aliphatic hydroxyl groups is 1. The van der Waals surface area contributed by atoms with Gasteiger partial charge in [-0.25, -0.2) is 4.98 Å². The molecule has 0 aliphatic rings. The van der Waals surface area contributed by atoms with Gasteiger partial charge in [0.1, 0.15) is 5.82 Å². The highest BCUT2D eigenvalue weighted by Crippen LogP contribution is 2.17. The van der Waals surface area contributed by atoms with Gasteiger partial charge in [-0.05, 0) is 18.4 Å². The molecule has 0 saturated heterocycles. The number of carbonyl (C=O) groups excluding carboxylic acids is 1. The summed E-state index contributed by atoms with van der Waals surface area (Å²) in [4.78, 5) is 15.8. The molecule has 6 heteroatoms. The van der Waals surface area contributed by atoms with Crippen LogP contribution >= 0.6 is 11.6 Å². The molecule has 18 heavy (non-hydrogen) atoms. The van der Waals surface area contributed by atoms with Gasteiger partial charge in [0.05, 0.1) is 10.6 Å². The van der Waals surface area contributed by atoms with Crippen LogP contribution in [0.25, 0.3) is 0 Å². The minimum absolute atomic E-state index is 0.0316. The molecule has 0 aliphatic heterocycles. The summed E-state index contributed by atoms with van der Waals surface area (Å²) in [7, 11) is 0. The molecule has 1 atom stereocenters. The maximum absolute atomic E-state index is 12.0. The molecule has 1 aromatic heterocycles. The van der Waals surface area contributed by atoms with Gasteiger partial charge < -0.3 is 16.2 Å². The molecule has 1 heterocycles. The van der Waals surface area contributed by atoms with E-state index in [2.05, 4.69) is 10.3 Å². The van der Waals surface area contributed by atoms with Crippen molar-refractivity contribution in [3.8, 4) is 0 Å². The highest BCUT2D eigenvalue weighted by atomic mass is 35.5. The first-order valence-corrected chi connectivity index (χ1v) is 6.16. The van der Waals surface area contributed by atoms with Crippen LogP contribution in [0.1, 0.15) is 30.6 Å². The number of hydrogen-bond acceptors (Lipinski definition) is 4. The van der Waals surface area contributed by atoms with Crippen molar-refractivity contribution in [3.63, 3.8) is 0 Å². The molecular formula is C12H18ClN3O2. The smallest absolute Gasteiger partial charge is 0.253 e. The Kier molecular flexibility index (Phi) is 5.37. The number of aliphatic hydroxyl groups excluding tert-OH is 1. The van der Waals surface area contributed by atoms with Crippen LogP contribution in [-0.2, 0) is 0 Å². The second-order valence-corrected chi connectivity index (χ2v) is 4.83. The van der Waals surface area contributed by atoms with Gasteiger partial charge in [0.15, 0.2) is 0 Å². The Labute approximate surface area is 111 Å². The second-order valence-electron chi connectivity index (χ2n) is 4.43. The molecule has 100 valence electrons. The first-order valence-electron chi connectivity index (χ1n) is 5.78. The fraction of sp³-hybridized carbons (Fsp3) is 0.500. The lowest BCUT2D eigenvalue weighted by molar-refractivity contribution is 0.0916. The van der Waals surface area contributed by atoms with Gasteiger partial charge in [-0.3, -0.25) is 4.79 Å². The van der Waals surface area contributed by atoms with Crippen LogP contribution in [0, 0.1) is 5.92 Å². The van der Waals surface area contributed by atoms with Gasteiger partial charge in [0, 0.05) is 18.8 Å². The van der Waals surface area contributed by atoms with E-state index in [1.807, 2.05) is 13.8 Å². The summed E-state index contributed by atoms with van der Waals surface area (Å²) in [6.45, 7) is 3.99. The third kappa shape index (κ3) is 3.85. The number of pyridine rings is 1. The van der Waals surface area contributed by atoms with E-state index in [1.54, 1.807) is 0 Å². The molecule has 1 aromatic rings. The van der Waals surface area contributed by atoms with E-state index in [1.165, 1.54) is 12.3 Å². The number of nitrogens with two attached hydrogens (primary N) is 1. The van der Waals surface area contributed by atoms with E-state index >= 15 is 0 Å². The van der Waals surface area contributed by atoms with E-state index in [0.29, 0.717) is 12.0 Å². The summed E-state index contributed by atoms with van der Waals surface area (Å²) in [5, 5.41) is 12.0. The third-order valence-corrected chi connectivity index (χ3v) is 3.00. The zero-order valence-electron chi connectivity index (χ0n) is 10.5. The van der Waals surface area contributed by atoms with Crippen molar-refractivity contribution >= 4 is 23.3 Å². The van der Waals surface area contributed by atoms with Crippen molar-refractivity contribution in [2.75, 3.05) is 12.3 Å². The zero-order chi connectivity index (χ0) is 13.7. The highest BCUT2D eigenvalue weighted by molar-refractivity contribution is 6.33. The van der Waals surface area contributed by atoms with Crippen molar-refractivity contribution in [1.82, 2.24) is 10.3 Å². The van der Waals surface area contributed by atoms with Crippen LogP contribution < -0.4 is 11.1 Å². The number of rotatable bonds is 5. The van der Waals surface area contributed by atoms with E-state index < -0.39 is 0 Å². The van der Waals surface area contributed by atoms with Gasteiger partial charge >= 0.3 is 0 Å². The van der Waals surface area contributed by atoms with Crippen LogP contribution in [0.4, 0.5) is 5.82 Å². The number of nitrogen functional groups attached to an aromatic ring is 1. The Morgan fingerprint density at radius 1 is 1.61 bits per heavy atom. The van der Waals surface area contributed by atoms with Crippen molar-refractivity contribution in [3.05, 3.63) is 22.8 Å². The van der Waals surface area contributed by atoms with Crippen LogP contribution in [0.15, 0.2) is 12.3 Å². The number of carbonyl (C=O) groups is 1. The number of amides is 1. The Hall–Kier alpha value is -1.33. The first kappa shape index (κ1) is 14.7. The van der Waals surface area contributed by atoms with E-state index in [9.17, 15) is 4.79 Å². The first-order chi connectivity index (χ1) is 8.45. The molecule has 1 unspecified atom stereocenters. The van der Waals surface area contributed by atoms with E-state index in [0.717, 1.165) is 0 Å². The van der Waals surface area contributed by atoms with Crippen LogP contribution in [0.3, 0.4) is 0 Å². The topological polar surface area (TPSA) is 88.2 Å². The van der Waals surface area contributed by atoms with Crippen molar-refractivity contribution < 1.29 is 9.90 Å². The van der Waals surface area contributed by atoms with Gasteiger partial charge in [0.25, 0.3) is 5.91 Å². The SMILES string of the molecule is CC(C)C(CCO)NC(=O)c1cnc(N)c(Cl)c1. The lowest BCUT2D eigenvalue weighted by atomic mass is 10.0. The monoisotopic (exact) mass is 271 g/mol. The van der Waals surface area contributed by atoms with Gasteiger partial charge in [-0.15, -0.1) is 0 Å². The highest BCUT2D eigenvalue weighted by Gasteiger charge is 2.17. The molecule has 0 radical (unpaired) electrons. The minimum atomic E-state index is -0.267. The Balaban J connectivity index is 2.77. The molecular weight excluding hydrogens is 254 g/mol. The summed E-state index contributed by atoms with van der Waals surface area (Å²) in [5.74, 6) is 0.166. The van der Waals surface area contributed by atoms with Gasteiger partial charge in [-0.2, -0.15) is 0 Å². The molecule has 0 aromatic carbocycles. The Morgan fingerprint density at radius 2 is 2.28 bits per heavy atom. The fourth-order valence-electron chi connectivity index (χ4n) is 1.54. The lowest BCUT2D eigenvalue weighted by Gasteiger charge is -2.21. The summed E-state index contributed by atoms with van der Waals surface area (Å²) < 4.78 is 0. The summed E-state index contributed by atoms with van der Waals surface area (Å²) in [5.41, 5.74) is 5.84. The fourth-order valence-corrected chi connectivity index (χ4v) is 1.70. The maximum atomic E-state index is 12.0. The number of halogens is 1. The molecule has 0 spiro atoms. The molecule has 1 rings (SSSR count). The number of anilines is 1. The minimum Gasteiger partial charge on any atom is -0.396 e. The Morgan fingerprint density at radius 3 is 2.78 bits per heavy atom. The van der Waals surface area contributed by atoms with E-state index in [4.69, 9.17) is 22.4 Å². The normalized spacial score (nSPS) is 12.5. The summed E-state index contributed by atoms with van der Waals surface area (Å²) >= 11 is 5.81. The van der Waals surface area contributed by atoms with Crippen molar-refractivity contribution in [2.24, 2.45) is 5.92 Å². The van der Waals surface area contributed by atoms with Crippen molar-refractivity contribution in [1.29, 1.82) is 0 Å². The van der Waals surface area contributed by atoms with Crippen LogP contribution in [-0.4, -0.2) is 28.6 Å². The average molecular weight is 272 g/mol. The molecule has 0 saturated carbocycles. The molecule has 5 nitrogen and oxygen atoms in total. The predicted molar refractivity (Wildman–Crippen MR) is 71.5 cm³/mol. The van der Waals surface area contributed by atoms with Gasteiger partial charge in [0.2, 0.25) is 0 Å². The second kappa shape index (κ2) is 6.56. The lowest BCUT2D eigenvalue weighted by Crippen LogP contribution is -2.39. The average Bonchev–Trinajstić information content (AvgIpc) is 2.31. The molecule has 0 fully saturated rings. The van der Waals surface area contributed by atoms with Gasteiger partial charge in [-0.1, -0.05) is 25.4 Å². The number of nitrogens with zero attached hydrogens (tertiary/aromatic N) is 1. The molecule has 0 aliphatic carbocycles. The standard InChI is InChI=1S/C12H18ClN3O2/c1-7(2)10(3-4-17)16-12(18)8-5-9(13)11(14)15-6-8/h5-7,10,17H,3-4H2,1-2H3,(H2,14,15)(H,16,18). The molecule has 1 amide bonds. The number of nitrogens with one attached hydrogen (secondary N) is 1. The number of hydrogen-bond donors (Lipinski definition) is 3. The van der Waals surface area contributed by atoms with E-state index in [-0.39, 0.29) is 35.3 Å². The van der Waals surface area contributed by atoms with Crippen molar-refractivity contribution in [2.45, 2.75) is 26.3 Å². The largest absolute Gasteiger partial charge is 0.396 e. The Bertz CT molecular complexity index is 424. The predicted octanol–water partition coefficient (Wildman–Crippen LogP) is 1.45. The van der Waals surface area contributed by atoms with Crippen LogP contribution in [0.2, 0.25) is 5.02 Å².